The van der Waals surface area contributed by atoms with Crippen LogP contribution in [0.2, 0.25) is 10.0 Å². The quantitative estimate of drug-likeness (QED) is 0.495. The largest absolute Gasteiger partial charge is 0.452 e. The van der Waals surface area contributed by atoms with Gasteiger partial charge in [0.25, 0.3) is 17.7 Å². The standard InChI is InChI=1S/C21H18Cl2N2O5/c1-3-24(4-2)18(26)11-30-21(29)12-5-7-14-15(9-12)20(28)25(19(14)27)13-6-8-16(22)17(23)10-13/h5-10H,3-4,11H2,1-2H3. The zero-order chi connectivity index (χ0) is 22.0. The van der Waals surface area contributed by atoms with Gasteiger partial charge in [0.05, 0.1) is 32.4 Å². The number of benzene rings is 2. The molecule has 0 bridgehead atoms. The number of hydrogen-bond acceptors (Lipinski definition) is 5. The zero-order valence-electron chi connectivity index (χ0n) is 16.3. The van der Waals surface area contributed by atoms with Gasteiger partial charge in [-0.2, -0.15) is 0 Å². The summed E-state index contributed by atoms with van der Waals surface area (Å²) >= 11 is 11.9. The van der Waals surface area contributed by atoms with Crippen LogP contribution in [0.5, 0.6) is 0 Å². The number of hydrogen-bond donors (Lipinski definition) is 0. The molecule has 0 N–H and O–H groups in total. The van der Waals surface area contributed by atoms with Gasteiger partial charge in [-0.05, 0) is 50.2 Å². The normalized spacial score (nSPS) is 12.7. The van der Waals surface area contributed by atoms with Crippen LogP contribution < -0.4 is 4.90 Å². The summed E-state index contributed by atoms with van der Waals surface area (Å²) in [5, 5.41) is 0.495. The van der Waals surface area contributed by atoms with Gasteiger partial charge >= 0.3 is 5.97 Å². The maximum Gasteiger partial charge on any atom is 0.338 e. The average Bonchev–Trinajstić information content (AvgIpc) is 2.99. The van der Waals surface area contributed by atoms with Crippen molar-refractivity contribution in [2.75, 3.05) is 24.6 Å². The maximum atomic E-state index is 12.8. The molecule has 30 heavy (non-hydrogen) atoms. The van der Waals surface area contributed by atoms with Gasteiger partial charge in [0.2, 0.25) is 0 Å². The van der Waals surface area contributed by atoms with Gasteiger partial charge in [0.15, 0.2) is 6.61 Å². The molecule has 0 radical (unpaired) electrons. The third kappa shape index (κ3) is 4.04. The number of imide groups is 1. The molecular weight excluding hydrogens is 431 g/mol. The Bertz CT molecular complexity index is 1050. The minimum absolute atomic E-state index is 0.0654. The highest BCUT2D eigenvalue weighted by molar-refractivity contribution is 6.42. The van der Waals surface area contributed by atoms with Crippen LogP contribution in [0.4, 0.5) is 5.69 Å². The Kier molecular flexibility index (Phi) is 6.43. The summed E-state index contributed by atoms with van der Waals surface area (Å²) in [5.74, 6) is -2.20. The van der Waals surface area contributed by atoms with Crippen molar-refractivity contribution in [2.24, 2.45) is 0 Å². The van der Waals surface area contributed by atoms with E-state index in [4.69, 9.17) is 27.9 Å². The molecule has 0 fully saturated rings. The maximum absolute atomic E-state index is 12.8. The number of rotatable bonds is 6. The number of likely N-dealkylation sites (N-methyl/N-ethyl adjacent to an activating group) is 1. The van der Waals surface area contributed by atoms with Crippen LogP contribution in [0.3, 0.4) is 0 Å². The predicted molar refractivity (Wildman–Crippen MR) is 112 cm³/mol. The molecule has 3 rings (SSSR count). The molecule has 156 valence electrons. The molecule has 1 aliphatic rings. The van der Waals surface area contributed by atoms with E-state index in [2.05, 4.69) is 0 Å². The SMILES string of the molecule is CCN(CC)C(=O)COC(=O)c1ccc2c(c1)C(=O)N(c1ccc(Cl)c(Cl)c1)C2=O. The monoisotopic (exact) mass is 448 g/mol. The Morgan fingerprint density at radius 1 is 0.933 bits per heavy atom. The molecule has 3 amide bonds. The van der Waals surface area contributed by atoms with Crippen LogP contribution in [-0.4, -0.2) is 48.3 Å². The molecule has 7 nitrogen and oxygen atoms in total. The Balaban J connectivity index is 1.80. The Morgan fingerprint density at radius 3 is 2.23 bits per heavy atom. The average molecular weight is 449 g/mol. The van der Waals surface area contributed by atoms with E-state index >= 15 is 0 Å². The third-order valence-corrected chi connectivity index (χ3v) is 5.47. The van der Waals surface area contributed by atoms with E-state index in [9.17, 15) is 19.2 Å². The van der Waals surface area contributed by atoms with Crippen molar-refractivity contribution in [1.82, 2.24) is 4.90 Å². The molecule has 0 unspecified atom stereocenters. The summed E-state index contributed by atoms with van der Waals surface area (Å²) in [7, 11) is 0. The van der Waals surface area contributed by atoms with Crippen molar-refractivity contribution in [3.8, 4) is 0 Å². The fourth-order valence-electron chi connectivity index (χ4n) is 3.10. The van der Waals surface area contributed by atoms with Gasteiger partial charge in [0.1, 0.15) is 0 Å². The van der Waals surface area contributed by atoms with Crippen molar-refractivity contribution in [3.63, 3.8) is 0 Å². The van der Waals surface area contributed by atoms with Crippen LogP contribution >= 0.6 is 23.2 Å². The van der Waals surface area contributed by atoms with Crippen LogP contribution in [0.1, 0.15) is 44.9 Å². The number of carbonyl (C=O) groups is 4. The van der Waals surface area contributed by atoms with Crippen molar-refractivity contribution in [2.45, 2.75) is 13.8 Å². The fourth-order valence-corrected chi connectivity index (χ4v) is 3.40. The summed E-state index contributed by atoms with van der Waals surface area (Å²) in [5.41, 5.74) is 0.556. The van der Waals surface area contributed by atoms with Crippen molar-refractivity contribution >= 4 is 52.6 Å². The topological polar surface area (TPSA) is 84.0 Å². The van der Waals surface area contributed by atoms with Crippen molar-refractivity contribution in [3.05, 3.63) is 63.1 Å². The summed E-state index contributed by atoms with van der Waals surface area (Å²) < 4.78 is 5.06. The van der Waals surface area contributed by atoms with E-state index in [1.807, 2.05) is 13.8 Å². The number of fused-ring (bicyclic) bond motifs is 1. The summed E-state index contributed by atoms with van der Waals surface area (Å²) in [6.07, 6.45) is 0. The van der Waals surface area contributed by atoms with Gasteiger partial charge in [-0.1, -0.05) is 23.2 Å². The Labute approximate surface area is 183 Å². The first kappa shape index (κ1) is 21.8. The number of carbonyl (C=O) groups excluding carboxylic acids is 4. The second-order valence-electron chi connectivity index (χ2n) is 6.45. The van der Waals surface area contributed by atoms with Gasteiger partial charge in [-0.15, -0.1) is 0 Å². The molecule has 0 saturated carbocycles. The van der Waals surface area contributed by atoms with Crippen LogP contribution in [0, 0.1) is 0 Å². The number of halogens is 2. The molecule has 0 spiro atoms. The molecule has 0 atom stereocenters. The first-order chi connectivity index (χ1) is 14.3. The van der Waals surface area contributed by atoms with Crippen molar-refractivity contribution in [1.29, 1.82) is 0 Å². The van der Waals surface area contributed by atoms with E-state index < -0.39 is 24.4 Å². The molecule has 1 heterocycles. The molecular formula is C21H18Cl2N2O5. The first-order valence-electron chi connectivity index (χ1n) is 9.21. The molecule has 9 heteroatoms. The van der Waals surface area contributed by atoms with Gasteiger partial charge in [0, 0.05) is 13.1 Å². The minimum Gasteiger partial charge on any atom is -0.452 e. The van der Waals surface area contributed by atoms with E-state index in [0.717, 1.165) is 4.90 Å². The number of esters is 1. The summed E-state index contributed by atoms with van der Waals surface area (Å²) in [6, 6.07) is 8.46. The Morgan fingerprint density at radius 2 is 1.60 bits per heavy atom. The number of amides is 3. The first-order valence-corrected chi connectivity index (χ1v) is 9.96. The summed E-state index contributed by atoms with van der Waals surface area (Å²) in [6.45, 7) is 4.26. The highest BCUT2D eigenvalue weighted by Gasteiger charge is 2.37. The third-order valence-electron chi connectivity index (χ3n) is 4.73. The second kappa shape index (κ2) is 8.85. The lowest BCUT2D eigenvalue weighted by Gasteiger charge is -2.18. The predicted octanol–water partition coefficient (Wildman–Crippen LogP) is 3.82. The van der Waals surface area contributed by atoms with Gasteiger partial charge < -0.3 is 9.64 Å². The van der Waals surface area contributed by atoms with Crippen molar-refractivity contribution < 1.29 is 23.9 Å². The Hall–Kier alpha value is -2.90. The molecule has 1 aliphatic heterocycles. The van der Waals surface area contributed by atoms with E-state index in [-0.39, 0.29) is 33.3 Å². The molecule has 0 aromatic heterocycles. The summed E-state index contributed by atoms with van der Waals surface area (Å²) in [4.78, 5) is 52.4. The lowest BCUT2D eigenvalue weighted by Crippen LogP contribution is -2.34. The number of ether oxygens (including phenoxy) is 1. The minimum atomic E-state index is -0.758. The highest BCUT2D eigenvalue weighted by Crippen LogP contribution is 2.33. The molecule has 2 aromatic carbocycles. The molecule has 2 aromatic rings. The van der Waals surface area contributed by atoms with E-state index in [1.54, 1.807) is 0 Å². The molecule has 0 aliphatic carbocycles. The van der Waals surface area contributed by atoms with Gasteiger partial charge in [-0.3, -0.25) is 14.4 Å². The van der Waals surface area contributed by atoms with Crippen LogP contribution in [-0.2, 0) is 9.53 Å². The van der Waals surface area contributed by atoms with Crippen LogP contribution in [0.15, 0.2) is 36.4 Å². The lowest BCUT2D eigenvalue weighted by atomic mass is 10.1. The zero-order valence-corrected chi connectivity index (χ0v) is 17.8. The molecule has 0 saturated heterocycles. The van der Waals surface area contributed by atoms with Gasteiger partial charge in [-0.25, -0.2) is 9.69 Å². The number of nitrogens with zero attached hydrogens (tertiary/aromatic N) is 2. The van der Waals surface area contributed by atoms with E-state index in [1.165, 1.54) is 41.3 Å². The van der Waals surface area contributed by atoms with E-state index in [0.29, 0.717) is 18.1 Å². The lowest BCUT2D eigenvalue weighted by molar-refractivity contribution is -0.134. The second-order valence-corrected chi connectivity index (χ2v) is 7.26. The fraction of sp³-hybridized carbons (Fsp3) is 0.238. The smallest absolute Gasteiger partial charge is 0.338 e. The number of anilines is 1. The highest BCUT2D eigenvalue weighted by atomic mass is 35.5. The van der Waals surface area contributed by atoms with Crippen LogP contribution in [0.25, 0.3) is 0 Å².